The van der Waals surface area contributed by atoms with Crippen LogP contribution in [-0.2, 0) is 26.0 Å². The Kier molecular flexibility index (Phi) is 7.87. The van der Waals surface area contributed by atoms with Crippen molar-refractivity contribution in [3.8, 4) is 5.75 Å². The summed E-state index contributed by atoms with van der Waals surface area (Å²) in [5, 5.41) is 3.44. The average molecular weight is 494 g/mol. The van der Waals surface area contributed by atoms with E-state index < -0.39 is 10.0 Å². The van der Waals surface area contributed by atoms with Gasteiger partial charge in [0.15, 0.2) is 0 Å². The van der Waals surface area contributed by atoms with E-state index >= 15 is 0 Å². The van der Waals surface area contributed by atoms with E-state index in [1.165, 1.54) is 12.1 Å². The average Bonchev–Trinajstić information content (AvgIpc) is 2.82. The lowest BCUT2D eigenvalue weighted by atomic mass is 9.96. The van der Waals surface area contributed by atoms with E-state index in [2.05, 4.69) is 14.9 Å². The van der Waals surface area contributed by atoms with Gasteiger partial charge < -0.3 is 14.8 Å². The number of morpholine rings is 1. The molecular formula is C23H28ClN3O5S. The molecule has 0 aliphatic carbocycles. The third kappa shape index (κ3) is 6.45. The lowest BCUT2D eigenvalue weighted by Gasteiger charge is -2.26. The molecule has 0 bridgehead atoms. The number of halogens is 1. The second-order valence-electron chi connectivity index (χ2n) is 8.18. The fourth-order valence-electron chi connectivity index (χ4n) is 3.91. The topological polar surface area (TPSA) is 97.0 Å². The van der Waals surface area contributed by atoms with Crippen molar-refractivity contribution in [2.45, 2.75) is 17.7 Å². The monoisotopic (exact) mass is 493 g/mol. The first-order valence-electron chi connectivity index (χ1n) is 11.0. The number of carbonyl (C=O) groups is 1. The number of sulfonamides is 1. The zero-order valence-corrected chi connectivity index (χ0v) is 19.8. The molecule has 2 aromatic rings. The Morgan fingerprint density at radius 3 is 2.64 bits per heavy atom. The minimum atomic E-state index is -3.60. The predicted octanol–water partition coefficient (Wildman–Crippen LogP) is 2.53. The van der Waals surface area contributed by atoms with Gasteiger partial charge in [-0.15, -0.1) is 0 Å². The summed E-state index contributed by atoms with van der Waals surface area (Å²) in [6.45, 7) is 4.69. The zero-order valence-electron chi connectivity index (χ0n) is 18.3. The highest BCUT2D eigenvalue weighted by Gasteiger charge is 2.26. The number of amides is 1. The Bertz CT molecular complexity index is 1070. The molecule has 1 fully saturated rings. The maximum absolute atomic E-state index is 12.7. The van der Waals surface area contributed by atoms with Crippen LogP contribution in [0.2, 0.25) is 5.02 Å². The van der Waals surface area contributed by atoms with Gasteiger partial charge in [0.1, 0.15) is 12.4 Å². The van der Waals surface area contributed by atoms with Crippen molar-refractivity contribution in [1.82, 2.24) is 9.62 Å². The Labute approximate surface area is 199 Å². The Morgan fingerprint density at radius 1 is 1.12 bits per heavy atom. The van der Waals surface area contributed by atoms with Gasteiger partial charge in [-0.05, 0) is 67.4 Å². The van der Waals surface area contributed by atoms with Crippen LogP contribution in [0.4, 0.5) is 5.69 Å². The summed E-state index contributed by atoms with van der Waals surface area (Å²) in [6.07, 6.45) is 1.26. The zero-order chi connectivity index (χ0) is 23.3. The van der Waals surface area contributed by atoms with E-state index in [4.69, 9.17) is 21.1 Å². The van der Waals surface area contributed by atoms with Gasteiger partial charge in [0.2, 0.25) is 15.9 Å². The molecule has 2 aliphatic rings. The molecule has 1 atom stereocenters. The van der Waals surface area contributed by atoms with Crippen molar-refractivity contribution in [3.05, 3.63) is 53.1 Å². The van der Waals surface area contributed by atoms with Gasteiger partial charge in [0, 0.05) is 30.3 Å². The van der Waals surface area contributed by atoms with Gasteiger partial charge in [-0.1, -0.05) is 11.6 Å². The number of nitrogens with zero attached hydrogens (tertiary/aromatic N) is 1. The number of nitrogens with one attached hydrogen (secondary N) is 2. The summed E-state index contributed by atoms with van der Waals surface area (Å²) in [5.41, 5.74) is 1.43. The van der Waals surface area contributed by atoms with E-state index in [9.17, 15) is 13.2 Å². The highest BCUT2D eigenvalue weighted by Crippen LogP contribution is 2.30. The molecule has 2 heterocycles. The largest absolute Gasteiger partial charge is 0.492 e. The Morgan fingerprint density at radius 2 is 1.88 bits per heavy atom. The molecule has 0 saturated carbocycles. The molecule has 0 aromatic heterocycles. The van der Waals surface area contributed by atoms with Crippen molar-refractivity contribution in [3.63, 3.8) is 0 Å². The normalized spacial score (nSPS) is 18.9. The molecule has 4 rings (SSSR count). The maximum atomic E-state index is 12.7. The summed E-state index contributed by atoms with van der Waals surface area (Å²) in [5.74, 6) is 0.209. The maximum Gasteiger partial charge on any atom is 0.240 e. The fourth-order valence-corrected chi connectivity index (χ4v) is 5.18. The number of fused-ring (bicyclic) bond motifs is 1. The third-order valence-corrected chi connectivity index (χ3v) is 7.49. The van der Waals surface area contributed by atoms with E-state index in [0.29, 0.717) is 23.7 Å². The molecule has 1 amide bonds. The second-order valence-corrected chi connectivity index (χ2v) is 10.4. The number of ether oxygens (including phenoxy) is 2. The smallest absolute Gasteiger partial charge is 0.240 e. The van der Waals surface area contributed by atoms with Crippen molar-refractivity contribution in [1.29, 1.82) is 0 Å². The predicted molar refractivity (Wildman–Crippen MR) is 126 cm³/mol. The summed E-state index contributed by atoms with van der Waals surface area (Å²) in [7, 11) is -3.60. The number of carbonyl (C=O) groups excluding carboxylic acids is 1. The number of anilines is 1. The lowest BCUT2D eigenvalue weighted by molar-refractivity contribution is -0.121. The first kappa shape index (κ1) is 24.0. The first-order chi connectivity index (χ1) is 15.9. The summed E-state index contributed by atoms with van der Waals surface area (Å²) >= 11 is 6.04. The minimum Gasteiger partial charge on any atom is -0.492 e. The molecule has 178 valence electrons. The van der Waals surface area contributed by atoms with E-state index in [-0.39, 0.29) is 23.3 Å². The van der Waals surface area contributed by atoms with E-state index in [1.54, 1.807) is 18.2 Å². The van der Waals surface area contributed by atoms with Gasteiger partial charge in [-0.3, -0.25) is 9.69 Å². The van der Waals surface area contributed by atoms with Crippen LogP contribution in [0, 0.1) is 5.92 Å². The SMILES string of the molecule is O=C(Nc1ccc(S(=O)(=O)NCCCN2CCOCC2)cc1)[C@H]1COc2ccc(Cl)cc2C1. The summed E-state index contributed by atoms with van der Waals surface area (Å²) in [6, 6.07) is 11.5. The van der Waals surface area contributed by atoms with E-state index in [0.717, 1.165) is 50.6 Å². The van der Waals surface area contributed by atoms with Gasteiger partial charge in [0.25, 0.3) is 0 Å². The summed E-state index contributed by atoms with van der Waals surface area (Å²) < 4.78 is 38.7. The molecule has 10 heteroatoms. The van der Waals surface area contributed by atoms with Gasteiger partial charge >= 0.3 is 0 Å². The van der Waals surface area contributed by atoms with Gasteiger partial charge in [-0.25, -0.2) is 13.1 Å². The van der Waals surface area contributed by atoms with Crippen molar-refractivity contribution >= 4 is 33.2 Å². The first-order valence-corrected chi connectivity index (χ1v) is 12.9. The van der Waals surface area contributed by atoms with Gasteiger partial charge in [0.05, 0.1) is 24.0 Å². The Hall–Kier alpha value is -2.17. The molecule has 2 N–H and O–H groups in total. The number of hydrogen-bond donors (Lipinski definition) is 2. The lowest BCUT2D eigenvalue weighted by Crippen LogP contribution is -2.38. The third-order valence-electron chi connectivity index (χ3n) is 5.78. The quantitative estimate of drug-likeness (QED) is 0.548. The molecule has 0 spiro atoms. The van der Waals surface area contributed by atoms with Crippen molar-refractivity contribution < 1.29 is 22.7 Å². The second kappa shape index (κ2) is 10.8. The molecule has 33 heavy (non-hydrogen) atoms. The highest BCUT2D eigenvalue weighted by molar-refractivity contribution is 7.89. The van der Waals surface area contributed by atoms with Crippen LogP contribution in [0.5, 0.6) is 5.75 Å². The number of rotatable bonds is 8. The van der Waals surface area contributed by atoms with Crippen LogP contribution >= 0.6 is 11.6 Å². The van der Waals surface area contributed by atoms with Crippen LogP contribution in [0.3, 0.4) is 0 Å². The standard InChI is InChI=1S/C23H28ClN3O5S/c24-19-2-7-22-17(15-19)14-18(16-32-22)23(28)26-20-3-5-21(6-4-20)33(29,30)25-8-1-9-27-10-12-31-13-11-27/h2-7,15,18,25H,1,8-14,16H2,(H,26,28)/t18-/m1/s1. The fraction of sp³-hybridized carbons (Fsp3) is 0.435. The van der Waals surface area contributed by atoms with Crippen molar-refractivity contribution in [2.24, 2.45) is 5.92 Å². The minimum absolute atomic E-state index is 0.163. The number of benzene rings is 2. The van der Waals surface area contributed by atoms with Crippen LogP contribution in [-0.4, -0.2) is 65.2 Å². The molecule has 2 aromatic carbocycles. The molecule has 0 unspecified atom stereocenters. The highest BCUT2D eigenvalue weighted by atomic mass is 35.5. The van der Waals surface area contributed by atoms with Crippen LogP contribution in [0.15, 0.2) is 47.4 Å². The van der Waals surface area contributed by atoms with Gasteiger partial charge in [-0.2, -0.15) is 0 Å². The van der Waals surface area contributed by atoms with Crippen molar-refractivity contribution in [2.75, 3.05) is 51.3 Å². The van der Waals surface area contributed by atoms with E-state index in [1.807, 2.05) is 12.1 Å². The van der Waals surface area contributed by atoms with Crippen LogP contribution in [0.25, 0.3) is 0 Å². The van der Waals surface area contributed by atoms with Crippen LogP contribution in [0.1, 0.15) is 12.0 Å². The number of hydrogen-bond acceptors (Lipinski definition) is 6. The van der Waals surface area contributed by atoms with Crippen LogP contribution < -0.4 is 14.8 Å². The molecule has 8 nitrogen and oxygen atoms in total. The Balaban J connectivity index is 1.27. The molecule has 2 aliphatic heterocycles. The molecule has 1 saturated heterocycles. The summed E-state index contributed by atoms with van der Waals surface area (Å²) in [4.78, 5) is 15.1. The molecule has 0 radical (unpaired) electrons. The molecular weight excluding hydrogens is 466 g/mol.